The normalized spacial score (nSPS) is 15.0. The Morgan fingerprint density at radius 1 is 1.08 bits per heavy atom. The van der Waals surface area contributed by atoms with E-state index >= 15 is 0 Å². The first kappa shape index (κ1) is 17.0. The van der Waals surface area contributed by atoms with E-state index in [2.05, 4.69) is 5.32 Å². The third-order valence-electron chi connectivity index (χ3n) is 4.34. The molecule has 0 aliphatic carbocycles. The SMILES string of the molecule is O=C(NC1CCN(C(=O)c2cccc(F)c2)CC1)c1ccccc1O. The molecular weight excluding hydrogens is 323 g/mol. The van der Waals surface area contributed by atoms with E-state index in [1.54, 1.807) is 29.2 Å². The van der Waals surface area contributed by atoms with Crippen LogP contribution in [0.15, 0.2) is 48.5 Å². The van der Waals surface area contributed by atoms with Gasteiger partial charge in [-0.1, -0.05) is 18.2 Å². The van der Waals surface area contributed by atoms with Gasteiger partial charge < -0.3 is 15.3 Å². The fraction of sp³-hybridized carbons (Fsp3) is 0.263. The molecule has 1 aliphatic heterocycles. The van der Waals surface area contributed by atoms with Gasteiger partial charge in [0.1, 0.15) is 11.6 Å². The van der Waals surface area contributed by atoms with E-state index in [1.165, 1.54) is 24.3 Å². The summed E-state index contributed by atoms with van der Waals surface area (Å²) in [6, 6.07) is 12.0. The molecule has 6 heteroatoms. The second-order valence-corrected chi connectivity index (χ2v) is 6.07. The Morgan fingerprint density at radius 3 is 2.48 bits per heavy atom. The molecule has 0 saturated carbocycles. The number of carbonyl (C=O) groups excluding carboxylic acids is 2. The molecule has 3 rings (SSSR count). The summed E-state index contributed by atoms with van der Waals surface area (Å²) >= 11 is 0. The lowest BCUT2D eigenvalue weighted by molar-refractivity contribution is 0.0697. The van der Waals surface area contributed by atoms with E-state index in [-0.39, 0.29) is 29.2 Å². The zero-order chi connectivity index (χ0) is 17.8. The van der Waals surface area contributed by atoms with Crippen LogP contribution in [0.1, 0.15) is 33.6 Å². The molecule has 0 radical (unpaired) electrons. The van der Waals surface area contributed by atoms with E-state index in [0.717, 1.165) is 0 Å². The van der Waals surface area contributed by atoms with Gasteiger partial charge in [0.25, 0.3) is 11.8 Å². The van der Waals surface area contributed by atoms with Crippen LogP contribution in [-0.2, 0) is 0 Å². The first-order valence-electron chi connectivity index (χ1n) is 8.18. The third kappa shape index (κ3) is 3.96. The van der Waals surface area contributed by atoms with E-state index < -0.39 is 5.82 Å². The molecule has 1 heterocycles. The van der Waals surface area contributed by atoms with Crippen molar-refractivity contribution in [2.45, 2.75) is 18.9 Å². The van der Waals surface area contributed by atoms with Crippen molar-refractivity contribution in [3.8, 4) is 5.75 Å². The number of rotatable bonds is 3. The van der Waals surface area contributed by atoms with E-state index in [9.17, 15) is 19.1 Å². The largest absolute Gasteiger partial charge is 0.507 e. The maximum atomic E-state index is 13.3. The third-order valence-corrected chi connectivity index (χ3v) is 4.34. The molecular formula is C19H19FN2O3. The number of para-hydroxylation sites is 1. The number of piperidine rings is 1. The fourth-order valence-corrected chi connectivity index (χ4v) is 2.96. The zero-order valence-corrected chi connectivity index (χ0v) is 13.6. The van der Waals surface area contributed by atoms with Gasteiger partial charge in [0.2, 0.25) is 0 Å². The van der Waals surface area contributed by atoms with Gasteiger partial charge in [-0.2, -0.15) is 0 Å². The Kier molecular flexibility index (Phi) is 4.97. The summed E-state index contributed by atoms with van der Waals surface area (Å²) < 4.78 is 13.3. The molecule has 1 saturated heterocycles. The van der Waals surface area contributed by atoms with Gasteiger partial charge in [0, 0.05) is 24.7 Å². The van der Waals surface area contributed by atoms with Crippen LogP contribution in [-0.4, -0.2) is 41.0 Å². The standard InChI is InChI=1S/C19H19FN2O3/c20-14-5-3-4-13(12-14)19(25)22-10-8-15(9-11-22)21-18(24)16-6-1-2-7-17(16)23/h1-7,12,15,23H,8-11H2,(H,21,24). The molecule has 0 spiro atoms. The van der Waals surface area contributed by atoms with Crippen molar-refractivity contribution in [3.05, 3.63) is 65.5 Å². The predicted molar refractivity (Wildman–Crippen MR) is 90.9 cm³/mol. The van der Waals surface area contributed by atoms with Crippen LogP contribution in [0.4, 0.5) is 4.39 Å². The van der Waals surface area contributed by atoms with E-state index in [4.69, 9.17) is 0 Å². The molecule has 130 valence electrons. The van der Waals surface area contributed by atoms with Crippen LogP contribution in [0.25, 0.3) is 0 Å². The van der Waals surface area contributed by atoms with Gasteiger partial charge in [0.15, 0.2) is 0 Å². The van der Waals surface area contributed by atoms with Crippen molar-refractivity contribution >= 4 is 11.8 Å². The van der Waals surface area contributed by atoms with Gasteiger partial charge in [0.05, 0.1) is 5.56 Å². The molecule has 2 aromatic carbocycles. The average molecular weight is 342 g/mol. The van der Waals surface area contributed by atoms with Crippen LogP contribution in [0.3, 0.4) is 0 Å². The van der Waals surface area contributed by atoms with Gasteiger partial charge >= 0.3 is 0 Å². The quantitative estimate of drug-likeness (QED) is 0.901. The topological polar surface area (TPSA) is 69.6 Å². The Bertz CT molecular complexity index is 786. The van der Waals surface area contributed by atoms with Crippen LogP contribution in [0.5, 0.6) is 5.75 Å². The Morgan fingerprint density at radius 2 is 1.80 bits per heavy atom. The summed E-state index contributed by atoms with van der Waals surface area (Å²) in [6.45, 7) is 0.974. The molecule has 2 amide bonds. The number of aromatic hydroxyl groups is 1. The first-order valence-corrected chi connectivity index (χ1v) is 8.18. The Labute approximate surface area is 145 Å². The highest BCUT2D eigenvalue weighted by Crippen LogP contribution is 2.18. The summed E-state index contributed by atoms with van der Waals surface area (Å²) in [5.74, 6) is -1.02. The number of halogens is 1. The van der Waals surface area contributed by atoms with E-state index in [1.807, 2.05) is 0 Å². The van der Waals surface area contributed by atoms with Crippen LogP contribution in [0.2, 0.25) is 0 Å². The zero-order valence-electron chi connectivity index (χ0n) is 13.6. The van der Waals surface area contributed by atoms with Crippen molar-refractivity contribution < 1.29 is 19.1 Å². The number of benzene rings is 2. The molecule has 5 nitrogen and oxygen atoms in total. The minimum absolute atomic E-state index is 0.0567. The number of hydrogen-bond donors (Lipinski definition) is 2. The van der Waals surface area contributed by atoms with Gasteiger partial charge in [-0.05, 0) is 43.2 Å². The average Bonchev–Trinajstić information content (AvgIpc) is 2.62. The van der Waals surface area contributed by atoms with Crippen molar-refractivity contribution in [3.63, 3.8) is 0 Å². The number of nitrogens with one attached hydrogen (secondary N) is 1. The second-order valence-electron chi connectivity index (χ2n) is 6.07. The molecule has 0 unspecified atom stereocenters. The van der Waals surface area contributed by atoms with Gasteiger partial charge in [-0.25, -0.2) is 4.39 Å². The van der Waals surface area contributed by atoms with Crippen LogP contribution in [0, 0.1) is 5.82 Å². The van der Waals surface area contributed by atoms with Crippen molar-refractivity contribution in [2.24, 2.45) is 0 Å². The summed E-state index contributed by atoms with van der Waals surface area (Å²) in [5, 5.41) is 12.6. The summed E-state index contributed by atoms with van der Waals surface area (Å²) in [5.41, 5.74) is 0.567. The number of nitrogens with zero attached hydrogens (tertiary/aromatic N) is 1. The molecule has 1 fully saturated rings. The fourth-order valence-electron chi connectivity index (χ4n) is 2.96. The first-order chi connectivity index (χ1) is 12.0. The van der Waals surface area contributed by atoms with Crippen molar-refractivity contribution in [1.82, 2.24) is 10.2 Å². The van der Waals surface area contributed by atoms with Crippen LogP contribution < -0.4 is 5.32 Å². The number of amides is 2. The minimum atomic E-state index is -0.435. The van der Waals surface area contributed by atoms with Gasteiger partial charge in [-0.3, -0.25) is 9.59 Å². The molecule has 2 aromatic rings. The Hall–Kier alpha value is -2.89. The molecule has 0 atom stereocenters. The molecule has 1 aliphatic rings. The number of phenolic OH excluding ortho intramolecular Hbond substituents is 1. The molecule has 0 aromatic heterocycles. The number of phenols is 1. The van der Waals surface area contributed by atoms with Crippen molar-refractivity contribution in [2.75, 3.05) is 13.1 Å². The lowest BCUT2D eigenvalue weighted by Gasteiger charge is -2.32. The number of carbonyl (C=O) groups is 2. The maximum Gasteiger partial charge on any atom is 0.255 e. The Balaban J connectivity index is 1.56. The highest BCUT2D eigenvalue weighted by Gasteiger charge is 2.25. The molecule has 25 heavy (non-hydrogen) atoms. The molecule has 2 N–H and O–H groups in total. The summed E-state index contributed by atoms with van der Waals surface area (Å²) in [4.78, 5) is 26.3. The smallest absolute Gasteiger partial charge is 0.255 e. The van der Waals surface area contributed by atoms with E-state index in [0.29, 0.717) is 31.5 Å². The molecule has 0 bridgehead atoms. The van der Waals surface area contributed by atoms with Gasteiger partial charge in [-0.15, -0.1) is 0 Å². The maximum absolute atomic E-state index is 13.3. The number of hydrogen-bond acceptors (Lipinski definition) is 3. The summed E-state index contributed by atoms with van der Waals surface area (Å²) in [7, 11) is 0. The monoisotopic (exact) mass is 342 g/mol. The summed E-state index contributed by atoms with van der Waals surface area (Å²) in [6.07, 6.45) is 1.22. The predicted octanol–water partition coefficient (Wildman–Crippen LogP) is 2.57. The number of likely N-dealkylation sites (tertiary alicyclic amines) is 1. The highest BCUT2D eigenvalue weighted by atomic mass is 19.1. The second kappa shape index (κ2) is 7.34. The van der Waals surface area contributed by atoms with Crippen molar-refractivity contribution in [1.29, 1.82) is 0 Å². The minimum Gasteiger partial charge on any atom is -0.507 e. The highest BCUT2D eigenvalue weighted by molar-refractivity contribution is 5.97. The lowest BCUT2D eigenvalue weighted by atomic mass is 10.0. The lowest BCUT2D eigenvalue weighted by Crippen LogP contribution is -2.46. The van der Waals surface area contributed by atoms with Crippen LogP contribution >= 0.6 is 0 Å².